The van der Waals surface area contributed by atoms with Crippen molar-refractivity contribution in [3.63, 3.8) is 0 Å². The molecule has 0 radical (unpaired) electrons. The molecule has 11 heteroatoms. The number of benzene rings is 2. The second-order valence-corrected chi connectivity index (χ2v) is 9.01. The zero-order valence-corrected chi connectivity index (χ0v) is 18.6. The third kappa shape index (κ3) is 5.55. The van der Waals surface area contributed by atoms with E-state index in [1.54, 1.807) is 17.7 Å². The third-order valence-electron chi connectivity index (χ3n) is 4.16. The molecular formula is C20H17Cl2N5O3S. The summed E-state index contributed by atoms with van der Waals surface area (Å²) in [6.07, 6.45) is 0.259. The van der Waals surface area contributed by atoms with Crippen LogP contribution >= 0.6 is 23.2 Å². The van der Waals surface area contributed by atoms with E-state index in [9.17, 15) is 13.2 Å². The average Bonchev–Trinajstić information content (AvgIpc) is 3.07. The smallest absolute Gasteiger partial charge is 0.263 e. The Hall–Kier alpha value is -3.06. The minimum atomic E-state index is -3.96. The van der Waals surface area contributed by atoms with E-state index in [0.29, 0.717) is 23.6 Å². The molecule has 2 N–H and O–H groups in total. The van der Waals surface area contributed by atoms with Crippen molar-refractivity contribution in [2.75, 3.05) is 10.0 Å². The topological polar surface area (TPSA) is 117 Å². The lowest BCUT2D eigenvalue weighted by Crippen LogP contribution is -2.16. The lowest BCUT2D eigenvalue weighted by Gasteiger charge is -2.11. The lowest BCUT2D eigenvalue weighted by molar-refractivity contribution is 0.102. The Morgan fingerprint density at radius 3 is 2.55 bits per heavy atom. The van der Waals surface area contributed by atoms with Gasteiger partial charge in [0.25, 0.3) is 15.9 Å². The van der Waals surface area contributed by atoms with Gasteiger partial charge in [-0.2, -0.15) is 10.4 Å². The number of amides is 1. The number of aromatic nitrogens is 2. The molecule has 3 aromatic rings. The van der Waals surface area contributed by atoms with Gasteiger partial charge >= 0.3 is 0 Å². The van der Waals surface area contributed by atoms with E-state index in [1.165, 1.54) is 42.5 Å². The van der Waals surface area contributed by atoms with Crippen molar-refractivity contribution >= 4 is 50.6 Å². The van der Waals surface area contributed by atoms with Crippen LogP contribution in [0, 0.1) is 18.3 Å². The standard InChI is InChI=1S/C20H17Cl2N5O3S/c1-13-11-19(27(25-13)10-2-9-23)24-20(28)14-3-6-16(7-4-14)26-31(29,30)18-12-15(21)5-8-17(18)22/h3-8,11-12,26H,2,10H2,1H3,(H,24,28). The molecule has 8 nitrogen and oxygen atoms in total. The van der Waals surface area contributed by atoms with Crippen LogP contribution in [0.1, 0.15) is 22.5 Å². The summed E-state index contributed by atoms with van der Waals surface area (Å²) in [5, 5.41) is 16.0. The van der Waals surface area contributed by atoms with E-state index in [4.69, 9.17) is 28.5 Å². The molecule has 0 atom stereocenters. The number of hydrogen-bond donors (Lipinski definition) is 2. The van der Waals surface area contributed by atoms with Crippen LogP contribution in [0.25, 0.3) is 0 Å². The van der Waals surface area contributed by atoms with Gasteiger partial charge < -0.3 is 5.32 Å². The van der Waals surface area contributed by atoms with Crippen LogP contribution in [-0.4, -0.2) is 24.1 Å². The number of sulfonamides is 1. The number of nitrogens with one attached hydrogen (secondary N) is 2. The summed E-state index contributed by atoms with van der Waals surface area (Å²) in [5.74, 6) is 0.0727. The number of hydrogen-bond acceptors (Lipinski definition) is 5. The Bertz CT molecular complexity index is 1260. The number of rotatable bonds is 7. The molecule has 0 bridgehead atoms. The monoisotopic (exact) mass is 477 g/mol. The van der Waals surface area contributed by atoms with Crippen molar-refractivity contribution < 1.29 is 13.2 Å². The Morgan fingerprint density at radius 1 is 1.16 bits per heavy atom. The van der Waals surface area contributed by atoms with E-state index >= 15 is 0 Å². The Labute approximate surface area is 189 Å². The summed E-state index contributed by atoms with van der Waals surface area (Å²) in [6, 6.07) is 13.8. The molecule has 1 heterocycles. The number of carbonyl (C=O) groups excluding carboxylic acids is 1. The predicted molar refractivity (Wildman–Crippen MR) is 119 cm³/mol. The van der Waals surface area contributed by atoms with Gasteiger partial charge in [0.2, 0.25) is 0 Å². The molecule has 1 aromatic heterocycles. The summed E-state index contributed by atoms with van der Waals surface area (Å²) in [4.78, 5) is 12.4. The highest BCUT2D eigenvalue weighted by atomic mass is 35.5. The Morgan fingerprint density at radius 2 is 1.87 bits per heavy atom. The minimum Gasteiger partial charge on any atom is -0.307 e. The summed E-state index contributed by atoms with van der Waals surface area (Å²) in [5.41, 5.74) is 1.27. The molecule has 0 saturated carbocycles. The molecule has 0 aliphatic rings. The molecule has 0 unspecified atom stereocenters. The molecule has 1 amide bonds. The van der Waals surface area contributed by atoms with Crippen LogP contribution in [0.5, 0.6) is 0 Å². The van der Waals surface area contributed by atoms with Gasteiger partial charge in [-0.1, -0.05) is 23.2 Å². The molecule has 0 saturated heterocycles. The van der Waals surface area contributed by atoms with Crippen molar-refractivity contribution in [1.82, 2.24) is 9.78 Å². The van der Waals surface area contributed by atoms with Gasteiger partial charge in [-0.3, -0.25) is 9.52 Å². The Balaban J connectivity index is 1.74. The van der Waals surface area contributed by atoms with E-state index in [0.717, 1.165) is 0 Å². The zero-order chi connectivity index (χ0) is 22.6. The lowest BCUT2D eigenvalue weighted by atomic mass is 10.2. The molecule has 31 heavy (non-hydrogen) atoms. The fraction of sp³-hybridized carbons (Fsp3) is 0.150. The van der Waals surface area contributed by atoms with Gasteiger partial charge in [0.1, 0.15) is 10.7 Å². The molecule has 3 rings (SSSR count). The SMILES string of the molecule is Cc1cc(NC(=O)c2ccc(NS(=O)(=O)c3cc(Cl)ccc3Cl)cc2)n(CCC#N)n1. The largest absolute Gasteiger partial charge is 0.307 e. The predicted octanol–water partition coefficient (Wildman–Crippen LogP) is 4.47. The first kappa shape index (κ1) is 22.6. The second kappa shape index (κ2) is 9.39. The van der Waals surface area contributed by atoms with Crippen molar-refractivity contribution in [3.8, 4) is 6.07 Å². The first-order valence-corrected chi connectivity index (χ1v) is 11.2. The first-order chi connectivity index (χ1) is 14.7. The fourth-order valence-corrected chi connectivity index (χ4v) is 4.57. The fourth-order valence-electron chi connectivity index (χ4n) is 2.74. The second-order valence-electron chi connectivity index (χ2n) is 6.51. The highest BCUT2D eigenvalue weighted by molar-refractivity contribution is 7.92. The average molecular weight is 478 g/mol. The summed E-state index contributed by atoms with van der Waals surface area (Å²) in [6.45, 7) is 2.14. The molecule has 0 aliphatic heterocycles. The normalized spacial score (nSPS) is 11.0. The number of anilines is 2. The van der Waals surface area contributed by atoms with Gasteiger partial charge in [0, 0.05) is 22.3 Å². The Kier molecular flexibility index (Phi) is 6.85. The number of halogens is 2. The maximum atomic E-state index is 12.6. The molecule has 0 spiro atoms. The van der Waals surface area contributed by atoms with Crippen LogP contribution in [0.2, 0.25) is 10.0 Å². The minimum absolute atomic E-state index is 0.0381. The van der Waals surface area contributed by atoms with E-state index in [2.05, 4.69) is 15.1 Å². The highest BCUT2D eigenvalue weighted by Gasteiger charge is 2.19. The quantitative estimate of drug-likeness (QED) is 0.520. The molecule has 160 valence electrons. The number of carbonyl (C=O) groups is 1. The van der Waals surface area contributed by atoms with Crippen LogP contribution in [-0.2, 0) is 16.6 Å². The maximum absolute atomic E-state index is 12.6. The van der Waals surface area contributed by atoms with Crippen molar-refractivity contribution in [1.29, 1.82) is 5.26 Å². The van der Waals surface area contributed by atoms with Crippen LogP contribution < -0.4 is 10.0 Å². The number of aryl methyl sites for hydroxylation is 2. The summed E-state index contributed by atoms with van der Waals surface area (Å²) >= 11 is 11.9. The van der Waals surface area contributed by atoms with Crippen LogP contribution in [0.3, 0.4) is 0 Å². The molecule has 0 aliphatic carbocycles. The van der Waals surface area contributed by atoms with E-state index < -0.39 is 15.9 Å². The third-order valence-corrected chi connectivity index (χ3v) is 6.26. The van der Waals surface area contributed by atoms with Gasteiger partial charge in [-0.25, -0.2) is 13.1 Å². The number of nitriles is 1. The van der Waals surface area contributed by atoms with Gasteiger partial charge in [0.05, 0.1) is 29.8 Å². The summed E-state index contributed by atoms with van der Waals surface area (Å²) < 4.78 is 29.1. The van der Waals surface area contributed by atoms with Crippen molar-refractivity contribution in [2.24, 2.45) is 0 Å². The van der Waals surface area contributed by atoms with Crippen molar-refractivity contribution in [3.05, 3.63) is 69.8 Å². The van der Waals surface area contributed by atoms with Gasteiger partial charge in [0.15, 0.2) is 0 Å². The molecular weight excluding hydrogens is 461 g/mol. The van der Waals surface area contributed by atoms with Crippen LogP contribution in [0.4, 0.5) is 11.5 Å². The first-order valence-electron chi connectivity index (χ1n) is 9.00. The van der Waals surface area contributed by atoms with E-state index in [1.807, 2.05) is 6.07 Å². The molecule has 2 aromatic carbocycles. The molecule has 0 fully saturated rings. The van der Waals surface area contributed by atoms with Crippen LogP contribution in [0.15, 0.2) is 53.4 Å². The van der Waals surface area contributed by atoms with Gasteiger partial charge in [-0.05, 0) is 49.4 Å². The summed E-state index contributed by atoms with van der Waals surface area (Å²) in [7, 11) is -3.96. The highest BCUT2D eigenvalue weighted by Crippen LogP contribution is 2.27. The van der Waals surface area contributed by atoms with Crippen molar-refractivity contribution in [2.45, 2.75) is 24.8 Å². The maximum Gasteiger partial charge on any atom is 0.263 e. The zero-order valence-electron chi connectivity index (χ0n) is 16.3. The van der Waals surface area contributed by atoms with Gasteiger partial charge in [-0.15, -0.1) is 0 Å². The van der Waals surface area contributed by atoms with E-state index in [-0.39, 0.29) is 27.0 Å². The number of nitrogens with zero attached hydrogens (tertiary/aromatic N) is 3.